The molecule has 0 aromatic carbocycles. The lowest BCUT2D eigenvalue weighted by Crippen LogP contribution is -2.58. The van der Waals surface area contributed by atoms with Crippen molar-refractivity contribution in [3.05, 3.63) is 24.1 Å². The van der Waals surface area contributed by atoms with Crippen LogP contribution in [0.15, 0.2) is 18.3 Å². The van der Waals surface area contributed by atoms with E-state index in [0.29, 0.717) is 17.6 Å². The maximum atomic E-state index is 13.1. The second-order valence-corrected chi connectivity index (χ2v) is 4.57. The lowest BCUT2D eigenvalue weighted by atomic mass is 10.1. The van der Waals surface area contributed by atoms with Gasteiger partial charge in [-0.25, -0.2) is 8.91 Å². The first-order valence-electron chi connectivity index (χ1n) is 6.27. The van der Waals surface area contributed by atoms with Gasteiger partial charge in [-0.2, -0.15) is 4.98 Å². The molecule has 1 N–H and O–H groups in total. The van der Waals surface area contributed by atoms with E-state index < -0.39 is 0 Å². The Labute approximate surface area is 105 Å². The van der Waals surface area contributed by atoms with Gasteiger partial charge in [0, 0.05) is 19.6 Å². The van der Waals surface area contributed by atoms with Gasteiger partial charge in [-0.05, 0) is 18.6 Å². The Balaban J connectivity index is 1.95. The fourth-order valence-electron chi connectivity index (χ4n) is 2.15. The summed E-state index contributed by atoms with van der Waals surface area (Å²) in [4.78, 5) is 6.65. The number of pyridine rings is 1. The number of aromatic nitrogens is 3. The van der Waals surface area contributed by atoms with E-state index in [9.17, 15) is 4.39 Å². The molecule has 0 atom stereocenters. The Morgan fingerprint density at radius 1 is 1.50 bits per heavy atom. The van der Waals surface area contributed by atoms with Crippen molar-refractivity contribution < 1.29 is 4.39 Å². The molecule has 3 heterocycles. The van der Waals surface area contributed by atoms with Gasteiger partial charge >= 0.3 is 0 Å². The maximum Gasteiger partial charge on any atom is 0.246 e. The zero-order chi connectivity index (χ0) is 12.5. The van der Waals surface area contributed by atoms with Gasteiger partial charge in [-0.1, -0.05) is 6.92 Å². The van der Waals surface area contributed by atoms with Crippen LogP contribution in [0.2, 0.25) is 0 Å². The van der Waals surface area contributed by atoms with Gasteiger partial charge in [0.25, 0.3) is 0 Å². The summed E-state index contributed by atoms with van der Waals surface area (Å²) >= 11 is 0. The molecule has 1 fully saturated rings. The first-order chi connectivity index (χ1) is 8.78. The largest absolute Gasteiger partial charge is 0.334 e. The molecule has 0 bridgehead atoms. The Morgan fingerprint density at radius 2 is 2.33 bits per heavy atom. The van der Waals surface area contributed by atoms with Gasteiger partial charge in [-0.15, -0.1) is 5.10 Å². The predicted octanol–water partition coefficient (Wildman–Crippen LogP) is 1.06. The van der Waals surface area contributed by atoms with Crippen molar-refractivity contribution in [2.45, 2.75) is 19.4 Å². The number of anilines is 1. The highest BCUT2D eigenvalue weighted by Gasteiger charge is 2.26. The Kier molecular flexibility index (Phi) is 2.87. The number of hydrogen-bond donors (Lipinski definition) is 1. The van der Waals surface area contributed by atoms with E-state index in [2.05, 4.69) is 27.2 Å². The van der Waals surface area contributed by atoms with Crippen LogP contribution in [0.25, 0.3) is 5.65 Å². The smallest absolute Gasteiger partial charge is 0.246 e. The third kappa shape index (κ3) is 1.92. The molecule has 1 saturated heterocycles. The average Bonchev–Trinajstić information content (AvgIpc) is 2.68. The van der Waals surface area contributed by atoms with Crippen molar-refractivity contribution in [1.29, 1.82) is 0 Å². The summed E-state index contributed by atoms with van der Waals surface area (Å²) in [6, 6.07) is 3.50. The number of fused-ring (bicyclic) bond motifs is 1. The van der Waals surface area contributed by atoms with Gasteiger partial charge in [0.05, 0.1) is 12.2 Å². The summed E-state index contributed by atoms with van der Waals surface area (Å²) in [5.74, 6) is 0.389. The third-order valence-electron chi connectivity index (χ3n) is 3.21. The van der Waals surface area contributed by atoms with Crippen LogP contribution >= 0.6 is 0 Å². The lowest BCUT2D eigenvalue weighted by molar-refractivity contribution is 0.408. The summed E-state index contributed by atoms with van der Waals surface area (Å²) in [6.45, 7) is 4.98. The minimum atomic E-state index is -0.300. The number of nitrogens with one attached hydrogen (secondary N) is 1. The van der Waals surface area contributed by atoms with Crippen LogP contribution in [0.4, 0.5) is 10.3 Å². The predicted molar refractivity (Wildman–Crippen MR) is 67.2 cm³/mol. The van der Waals surface area contributed by atoms with Crippen LogP contribution in [0, 0.1) is 5.82 Å². The molecule has 3 rings (SSSR count). The molecule has 0 saturated carbocycles. The van der Waals surface area contributed by atoms with E-state index in [-0.39, 0.29) is 5.82 Å². The van der Waals surface area contributed by atoms with Crippen LogP contribution in [-0.4, -0.2) is 40.3 Å². The van der Waals surface area contributed by atoms with E-state index in [1.807, 2.05) is 0 Å². The molecule has 1 aliphatic heterocycles. The van der Waals surface area contributed by atoms with Gasteiger partial charge < -0.3 is 10.2 Å². The normalized spacial score (nSPS) is 15.9. The molecule has 0 unspecified atom stereocenters. The quantitative estimate of drug-likeness (QED) is 0.880. The minimum Gasteiger partial charge on any atom is -0.334 e. The van der Waals surface area contributed by atoms with Crippen LogP contribution in [0.5, 0.6) is 0 Å². The monoisotopic (exact) mass is 249 g/mol. The summed E-state index contributed by atoms with van der Waals surface area (Å²) in [5, 5.41) is 7.61. The highest BCUT2D eigenvalue weighted by atomic mass is 19.1. The van der Waals surface area contributed by atoms with Gasteiger partial charge in [0.2, 0.25) is 5.95 Å². The molecule has 6 heteroatoms. The van der Waals surface area contributed by atoms with Crippen molar-refractivity contribution in [3.8, 4) is 0 Å². The van der Waals surface area contributed by atoms with Gasteiger partial charge in [0.15, 0.2) is 5.65 Å². The summed E-state index contributed by atoms with van der Waals surface area (Å²) in [7, 11) is 0. The molecule has 2 aromatic rings. The maximum absolute atomic E-state index is 13.1. The standard InChI is InChI=1S/C12H16FN5/c1-2-5-17(10-6-14-7-10)12-15-11-4-3-9(13)8-18(11)16-12/h3-4,8,10,14H,2,5-7H2,1H3. The molecule has 0 radical (unpaired) electrons. The van der Waals surface area contributed by atoms with Crippen LogP contribution in [0.1, 0.15) is 13.3 Å². The van der Waals surface area contributed by atoms with Crippen molar-refractivity contribution in [2.24, 2.45) is 0 Å². The molecule has 0 amide bonds. The molecule has 2 aromatic heterocycles. The zero-order valence-corrected chi connectivity index (χ0v) is 10.3. The Morgan fingerprint density at radius 3 is 3.00 bits per heavy atom. The Hall–Kier alpha value is -1.69. The van der Waals surface area contributed by atoms with Crippen LogP contribution < -0.4 is 10.2 Å². The number of nitrogens with zero attached hydrogens (tertiary/aromatic N) is 4. The lowest BCUT2D eigenvalue weighted by Gasteiger charge is -2.37. The highest BCUT2D eigenvalue weighted by Crippen LogP contribution is 2.16. The van der Waals surface area contributed by atoms with Gasteiger partial charge in [-0.3, -0.25) is 0 Å². The Bertz CT molecular complexity index is 548. The molecule has 0 spiro atoms. The second kappa shape index (κ2) is 4.53. The fraction of sp³-hybridized carbons (Fsp3) is 0.500. The number of halogens is 1. The molecule has 0 aliphatic carbocycles. The molecular formula is C12H16FN5. The fourth-order valence-corrected chi connectivity index (χ4v) is 2.15. The first kappa shape index (κ1) is 11.4. The van der Waals surface area contributed by atoms with Crippen LogP contribution in [0.3, 0.4) is 0 Å². The highest BCUT2D eigenvalue weighted by molar-refractivity contribution is 5.45. The molecular weight excluding hydrogens is 233 g/mol. The number of hydrogen-bond acceptors (Lipinski definition) is 4. The average molecular weight is 249 g/mol. The molecule has 1 aliphatic rings. The summed E-state index contributed by atoms with van der Waals surface area (Å²) in [6.07, 6.45) is 2.40. The SMILES string of the molecule is CCCN(c1nc2ccc(F)cn2n1)C1CNC1. The first-order valence-corrected chi connectivity index (χ1v) is 6.27. The van der Waals surface area contributed by atoms with Crippen molar-refractivity contribution >= 4 is 11.6 Å². The topological polar surface area (TPSA) is 45.5 Å². The van der Waals surface area contributed by atoms with Crippen molar-refractivity contribution in [1.82, 2.24) is 19.9 Å². The summed E-state index contributed by atoms with van der Waals surface area (Å²) < 4.78 is 14.6. The minimum absolute atomic E-state index is 0.300. The van der Waals surface area contributed by atoms with Crippen LogP contribution in [-0.2, 0) is 0 Å². The van der Waals surface area contributed by atoms with E-state index in [4.69, 9.17) is 0 Å². The number of rotatable bonds is 4. The van der Waals surface area contributed by atoms with E-state index >= 15 is 0 Å². The van der Waals surface area contributed by atoms with E-state index in [0.717, 1.165) is 26.1 Å². The third-order valence-corrected chi connectivity index (χ3v) is 3.21. The van der Waals surface area contributed by atoms with E-state index in [1.54, 1.807) is 6.07 Å². The second-order valence-electron chi connectivity index (χ2n) is 4.57. The zero-order valence-electron chi connectivity index (χ0n) is 10.3. The molecule has 5 nitrogen and oxygen atoms in total. The molecule has 18 heavy (non-hydrogen) atoms. The van der Waals surface area contributed by atoms with E-state index in [1.165, 1.54) is 16.8 Å². The molecule has 96 valence electrons. The van der Waals surface area contributed by atoms with Crippen molar-refractivity contribution in [2.75, 3.05) is 24.5 Å². The van der Waals surface area contributed by atoms with Crippen molar-refractivity contribution in [3.63, 3.8) is 0 Å². The summed E-state index contributed by atoms with van der Waals surface area (Å²) in [5.41, 5.74) is 0.680. The van der Waals surface area contributed by atoms with Gasteiger partial charge in [0.1, 0.15) is 5.82 Å².